The number of carbonyl (C=O) groups is 3. The number of aryl methyl sites for hydroxylation is 1. The molecular weight excluding hydrogens is 392 g/mol. The Morgan fingerprint density at radius 1 is 1.10 bits per heavy atom. The molecule has 0 saturated carbocycles. The van der Waals surface area contributed by atoms with Crippen molar-refractivity contribution in [1.29, 1.82) is 0 Å². The molecule has 1 heterocycles. The fraction of sp³-hybridized carbons (Fsp3) is 0.143. The van der Waals surface area contributed by atoms with Gasteiger partial charge in [0.2, 0.25) is 0 Å². The molecule has 0 fully saturated rings. The predicted molar refractivity (Wildman–Crippen MR) is 109 cm³/mol. The molecule has 3 aromatic rings. The monoisotopic (exact) mass is 410 g/mol. The zero-order chi connectivity index (χ0) is 20.6. The zero-order valence-corrected chi connectivity index (χ0v) is 16.4. The van der Waals surface area contributed by atoms with E-state index < -0.39 is 25.1 Å². The van der Waals surface area contributed by atoms with Gasteiger partial charge < -0.3 is 9.47 Å². The summed E-state index contributed by atoms with van der Waals surface area (Å²) in [7, 11) is 0. The third kappa shape index (κ3) is 5.73. The number of hydrogen-bond donors (Lipinski definition) is 1. The second kappa shape index (κ2) is 9.61. The lowest BCUT2D eigenvalue weighted by atomic mass is 10.1. The van der Waals surface area contributed by atoms with E-state index in [1.165, 1.54) is 11.3 Å². The summed E-state index contributed by atoms with van der Waals surface area (Å²) in [6, 6.07) is 14.4. The smallest absolute Gasteiger partial charge is 0.344 e. The summed E-state index contributed by atoms with van der Waals surface area (Å²) in [6.07, 6.45) is 0.632. The summed E-state index contributed by atoms with van der Waals surface area (Å²) in [4.78, 5) is 39.0. The van der Waals surface area contributed by atoms with E-state index in [1.54, 1.807) is 24.3 Å². The van der Waals surface area contributed by atoms with E-state index in [-0.39, 0.29) is 5.75 Å². The van der Waals surface area contributed by atoms with Gasteiger partial charge in [0.05, 0.1) is 11.3 Å². The highest BCUT2D eigenvalue weighted by molar-refractivity contribution is 7.14. The van der Waals surface area contributed by atoms with Crippen LogP contribution >= 0.6 is 11.3 Å². The Morgan fingerprint density at radius 3 is 2.62 bits per heavy atom. The highest BCUT2D eigenvalue weighted by Gasteiger charge is 2.12. The van der Waals surface area contributed by atoms with Gasteiger partial charge in [-0.15, -0.1) is 11.3 Å². The first-order valence-corrected chi connectivity index (χ1v) is 9.58. The predicted octanol–water partition coefficient (Wildman–Crippen LogP) is 3.49. The minimum Gasteiger partial charge on any atom is -0.481 e. The maximum Gasteiger partial charge on any atom is 0.344 e. The number of carbonyl (C=O) groups excluding carboxylic acids is 3. The first kappa shape index (κ1) is 20.2. The van der Waals surface area contributed by atoms with Crippen LogP contribution in [0.15, 0.2) is 53.9 Å². The topological polar surface area (TPSA) is 94.6 Å². The lowest BCUT2D eigenvalue weighted by Crippen LogP contribution is -2.23. The van der Waals surface area contributed by atoms with E-state index in [2.05, 4.69) is 10.3 Å². The van der Waals surface area contributed by atoms with Crippen molar-refractivity contribution in [2.24, 2.45) is 0 Å². The number of thiazole rings is 1. The van der Waals surface area contributed by atoms with E-state index >= 15 is 0 Å². The molecule has 0 bridgehead atoms. The highest BCUT2D eigenvalue weighted by atomic mass is 32.1. The lowest BCUT2D eigenvalue weighted by molar-refractivity contribution is -0.149. The van der Waals surface area contributed by atoms with Gasteiger partial charge in [-0.1, -0.05) is 42.0 Å². The van der Waals surface area contributed by atoms with E-state index in [1.807, 2.05) is 36.6 Å². The van der Waals surface area contributed by atoms with E-state index in [0.29, 0.717) is 17.0 Å². The maximum absolute atomic E-state index is 12.0. The number of nitrogens with one attached hydrogen (secondary N) is 1. The van der Waals surface area contributed by atoms with Gasteiger partial charge in [-0.05, 0) is 19.1 Å². The van der Waals surface area contributed by atoms with Crippen molar-refractivity contribution in [3.05, 3.63) is 65.0 Å². The first-order valence-electron chi connectivity index (χ1n) is 8.70. The normalized spacial score (nSPS) is 10.2. The van der Waals surface area contributed by atoms with Crippen LogP contribution in [0.5, 0.6) is 5.75 Å². The molecule has 0 aliphatic rings. The number of benzene rings is 2. The third-order valence-corrected chi connectivity index (χ3v) is 4.61. The van der Waals surface area contributed by atoms with Gasteiger partial charge in [0.25, 0.3) is 5.91 Å². The number of esters is 1. The summed E-state index contributed by atoms with van der Waals surface area (Å²) < 4.78 is 10.1. The van der Waals surface area contributed by atoms with Crippen LogP contribution in [0.25, 0.3) is 11.3 Å². The Labute approximate surface area is 171 Å². The van der Waals surface area contributed by atoms with Crippen LogP contribution in [0.3, 0.4) is 0 Å². The number of amides is 1. The highest BCUT2D eigenvalue weighted by Crippen LogP contribution is 2.25. The molecule has 0 aliphatic carbocycles. The Morgan fingerprint density at radius 2 is 1.86 bits per heavy atom. The van der Waals surface area contributed by atoms with Crippen LogP contribution in [-0.4, -0.2) is 36.4 Å². The number of nitrogens with zero attached hydrogens (tertiary/aromatic N) is 1. The van der Waals surface area contributed by atoms with Crippen molar-refractivity contribution in [2.75, 3.05) is 18.5 Å². The van der Waals surface area contributed by atoms with Gasteiger partial charge in [0.1, 0.15) is 5.75 Å². The van der Waals surface area contributed by atoms with E-state index in [4.69, 9.17) is 9.47 Å². The standard InChI is InChI=1S/C21H18N2O5S/c1-14-6-8-15(9-7-14)17-13-29-21(22-17)23-19(25)11-28-20(26)12-27-18-5-3-2-4-16(18)10-24/h2-10,13H,11-12H2,1H3,(H,22,23,25). The summed E-state index contributed by atoms with van der Waals surface area (Å²) in [5.41, 5.74) is 3.18. The molecule has 8 heteroatoms. The molecule has 29 heavy (non-hydrogen) atoms. The van der Waals surface area contributed by atoms with Gasteiger partial charge in [0, 0.05) is 10.9 Å². The number of aromatic nitrogens is 1. The minimum atomic E-state index is -0.722. The molecule has 0 aliphatic heterocycles. The van der Waals surface area contributed by atoms with Crippen LogP contribution in [-0.2, 0) is 14.3 Å². The Hall–Kier alpha value is -3.52. The fourth-order valence-electron chi connectivity index (χ4n) is 2.38. The molecule has 3 rings (SSSR count). The van der Waals surface area contributed by atoms with Crippen molar-refractivity contribution in [1.82, 2.24) is 4.98 Å². The Balaban J connectivity index is 1.45. The summed E-state index contributed by atoms with van der Waals surface area (Å²) in [5.74, 6) is -0.952. The summed E-state index contributed by atoms with van der Waals surface area (Å²) >= 11 is 1.28. The fourth-order valence-corrected chi connectivity index (χ4v) is 3.11. The first-order chi connectivity index (χ1) is 14.0. The van der Waals surface area contributed by atoms with Gasteiger partial charge >= 0.3 is 5.97 Å². The van der Waals surface area contributed by atoms with Gasteiger partial charge in [-0.25, -0.2) is 9.78 Å². The molecule has 1 amide bonds. The molecule has 148 valence electrons. The molecule has 1 N–H and O–H groups in total. The molecule has 2 aromatic carbocycles. The Bertz CT molecular complexity index is 1010. The Kier molecular flexibility index (Phi) is 6.70. The third-order valence-electron chi connectivity index (χ3n) is 3.85. The van der Waals surface area contributed by atoms with Crippen molar-refractivity contribution in [3.8, 4) is 17.0 Å². The van der Waals surface area contributed by atoms with Gasteiger partial charge in [-0.3, -0.25) is 14.9 Å². The SMILES string of the molecule is Cc1ccc(-c2csc(NC(=O)COC(=O)COc3ccccc3C=O)n2)cc1. The number of hydrogen-bond acceptors (Lipinski definition) is 7. The van der Waals surface area contributed by atoms with Crippen molar-refractivity contribution >= 4 is 34.6 Å². The van der Waals surface area contributed by atoms with Crippen LogP contribution < -0.4 is 10.1 Å². The largest absolute Gasteiger partial charge is 0.481 e. The number of ether oxygens (including phenoxy) is 2. The second-order valence-corrected chi connectivity index (χ2v) is 6.92. The number of para-hydroxylation sites is 1. The van der Waals surface area contributed by atoms with Crippen molar-refractivity contribution < 1.29 is 23.9 Å². The molecule has 0 spiro atoms. The second-order valence-electron chi connectivity index (χ2n) is 6.06. The maximum atomic E-state index is 12.0. The van der Waals surface area contributed by atoms with Crippen molar-refractivity contribution in [2.45, 2.75) is 6.92 Å². The van der Waals surface area contributed by atoms with Gasteiger partial charge in [-0.2, -0.15) is 0 Å². The summed E-state index contributed by atoms with van der Waals surface area (Å²) in [6.45, 7) is 1.13. The average Bonchev–Trinajstić information content (AvgIpc) is 3.19. The quantitative estimate of drug-likeness (QED) is 0.451. The molecule has 7 nitrogen and oxygen atoms in total. The van der Waals surface area contributed by atoms with E-state index in [0.717, 1.165) is 16.8 Å². The molecule has 0 radical (unpaired) electrons. The van der Waals surface area contributed by atoms with E-state index in [9.17, 15) is 14.4 Å². The summed E-state index contributed by atoms with van der Waals surface area (Å²) in [5, 5.41) is 4.85. The minimum absolute atomic E-state index is 0.273. The van der Waals surface area contributed by atoms with Crippen molar-refractivity contribution in [3.63, 3.8) is 0 Å². The average molecular weight is 410 g/mol. The van der Waals surface area contributed by atoms with Gasteiger partial charge in [0.15, 0.2) is 24.6 Å². The lowest BCUT2D eigenvalue weighted by Gasteiger charge is -2.08. The molecule has 0 unspecified atom stereocenters. The number of rotatable bonds is 8. The molecular formula is C21H18N2O5S. The van der Waals surface area contributed by atoms with Crippen LogP contribution in [0, 0.1) is 6.92 Å². The van der Waals surface area contributed by atoms with Crippen LogP contribution in [0.4, 0.5) is 5.13 Å². The van der Waals surface area contributed by atoms with Crippen LogP contribution in [0.1, 0.15) is 15.9 Å². The number of aldehydes is 1. The molecule has 1 aromatic heterocycles. The molecule has 0 atom stereocenters. The van der Waals surface area contributed by atoms with Crippen LogP contribution in [0.2, 0.25) is 0 Å². The molecule has 0 saturated heterocycles. The zero-order valence-electron chi connectivity index (χ0n) is 15.6. The number of anilines is 1.